The monoisotopic (exact) mass is 238 g/mol. The van der Waals surface area contributed by atoms with Gasteiger partial charge in [0.15, 0.2) is 5.15 Å². The predicted molar refractivity (Wildman–Crippen MR) is 63.6 cm³/mol. The molecule has 1 heterocycles. The van der Waals surface area contributed by atoms with E-state index in [1.165, 1.54) is 6.20 Å². The zero-order chi connectivity index (χ0) is 11.4. The predicted octanol–water partition coefficient (Wildman–Crippen LogP) is 3.11. The SMILES string of the molecule is CC1CC=CCC1COc1cncc(Cl)n1. The molecule has 0 radical (unpaired) electrons. The number of nitrogens with zero attached hydrogens (tertiary/aromatic N) is 2. The van der Waals surface area contributed by atoms with Gasteiger partial charge in [-0.3, -0.25) is 4.98 Å². The molecule has 0 saturated carbocycles. The number of hydrogen-bond acceptors (Lipinski definition) is 3. The van der Waals surface area contributed by atoms with E-state index in [0.29, 0.717) is 29.5 Å². The van der Waals surface area contributed by atoms with Crippen molar-refractivity contribution in [1.29, 1.82) is 0 Å². The van der Waals surface area contributed by atoms with Gasteiger partial charge in [-0.05, 0) is 24.7 Å². The molecule has 0 bridgehead atoms. The molecule has 0 N–H and O–H groups in total. The zero-order valence-electron chi connectivity index (χ0n) is 9.27. The highest BCUT2D eigenvalue weighted by Crippen LogP contribution is 2.25. The fourth-order valence-electron chi connectivity index (χ4n) is 1.83. The Morgan fingerprint density at radius 3 is 2.94 bits per heavy atom. The third kappa shape index (κ3) is 2.95. The lowest BCUT2D eigenvalue weighted by atomic mass is 9.85. The lowest BCUT2D eigenvalue weighted by Crippen LogP contribution is -2.21. The molecule has 0 spiro atoms. The van der Waals surface area contributed by atoms with Crippen LogP contribution in [0, 0.1) is 11.8 Å². The highest BCUT2D eigenvalue weighted by Gasteiger charge is 2.19. The molecule has 86 valence electrons. The minimum atomic E-state index is 0.370. The van der Waals surface area contributed by atoms with Gasteiger partial charge in [0.2, 0.25) is 5.88 Å². The third-order valence-corrected chi connectivity index (χ3v) is 3.13. The first kappa shape index (κ1) is 11.4. The molecule has 0 saturated heterocycles. The van der Waals surface area contributed by atoms with Crippen molar-refractivity contribution in [3.05, 3.63) is 29.7 Å². The van der Waals surface area contributed by atoms with Crippen LogP contribution in [0.15, 0.2) is 24.5 Å². The van der Waals surface area contributed by atoms with Crippen LogP contribution in [0.25, 0.3) is 0 Å². The molecule has 0 amide bonds. The maximum Gasteiger partial charge on any atom is 0.233 e. The summed E-state index contributed by atoms with van der Waals surface area (Å²) in [6, 6.07) is 0. The third-order valence-electron chi connectivity index (χ3n) is 2.95. The smallest absolute Gasteiger partial charge is 0.233 e. The van der Waals surface area contributed by atoms with E-state index in [1.807, 2.05) is 0 Å². The van der Waals surface area contributed by atoms with Crippen LogP contribution in [0.1, 0.15) is 19.8 Å². The van der Waals surface area contributed by atoms with Gasteiger partial charge in [0.25, 0.3) is 0 Å². The summed E-state index contributed by atoms with van der Waals surface area (Å²) in [5.41, 5.74) is 0. The fraction of sp³-hybridized carbons (Fsp3) is 0.500. The van der Waals surface area contributed by atoms with Crippen molar-refractivity contribution in [2.45, 2.75) is 19.8 Å². The molecule has 1 aromatic rings. The van der Waals surface area contributed by atoms with Crippen LogP contribution in [-0.2, 0) is 0 Å². The van der Waals surface area contributed by atoms with Crippen molar-refractivity contribution in [2.75, 3.05) is 6.61 Å². The Kier molecular flexibility index (Phi) is 3.78. The van der Waals surface area contributed by atoms with Crippen LogP contribution in [0.3, 0.4) is 0 Å². The molecule has 16 heavy (non-hydrogen) atoms. The Bertz CT molecular complexity index is 381. The minimum Gasteiger partial charge on any atom is -0.476 e. The fourth-order valence-corrected chi connectivity index (χ4v) is 1.97. The molecule has 1 aromatic heterocycles. The lowest BCUT2D eigenvalue weighted by molar-refractivity contribution is 0.192. The van der Waals surface area contributed by atoms with Gasteiger partial charge in [-0.25, -0.2) is 0 Å². The molecule has 0 fully saturated rings. The molecule has 2 atom stereocenters. The Balaban J connectivity index is 1.89. The summed E-state index contributed by atoms with van der Waals surface area (Å²) in [5.74, 6) is 1.73. The van der Waals surface area contributed by atoms with Crippen molar-refractivity contribution in [3.63, 3.8) is 0 Å². The van der Waals surface area contributed by atoms with E-state index in [9.17, 15) is 0 Å². The van der Waals surface area contributed by atoms with Gasteiger partial charge < -0.3 is 4.74 Å². The summed E-state index contributed by atoms with van der Waals surface area (Å²) in [7, 11) is 0. The van der Waals surface area contributed by atoms with Crippen LogP contribution in [-0.4, -0.2) is 16.6 Å². The van der Waals surface area contributed by atoms with E-state index in [-0.39, 0.29) is 0 Å². The number of hydrogen-bond donors (Lipinski definition) is 0. The standard InChI is InChI=1S/C12H15ClN2O/c1-9-4-2-3-5-10(9)8-16-12-7-14-6-11(13)15-12/h2-3,6-7,9-10H,4-5,8H2,1H3. The van der Waals surface area contributed by atoms with Gasteiger partial charge in [0, 0.05) is 0 Å². The van der Waals surface area contributed by atoms with Crippen molar-refractivity contribution in [3.8, 4) is 5.88 Å². The van der Waals surface area contributed by atoms with E-state index in [2.05, 4.69) is 29.0 Å². The first-order valence-electron chi connectivity index (χ1n) is 5.51. The first-order chi connectivity index (χ1) is 7.75. The molecule has 0 aliphatic heterocycles. The Morgan fingerprint density at radius 1 is 1.38 bits per heavy atom. The number of halogens is 1. The van der Waals surface area contributed by atoms with Gasteiger partial charge in [-0.15, -0.1) is 0 Å². The van der Waals surface area contributed by atoms with Crippen LogP contribution in [0.2, 0.25) is 5.15 Å². The molecule has 4 heteroatoms. The largest absolute Gasteiger partial charge is 0.476 e. The number of ether oxygens (including phenoxy) is 1. The molecule has 1 aliphatic rings. The second kappa shape index (κ2) is 5.30. The summed E-state index contributed by atoms with van der Waals surface area (Å²) in [6.45, 7) is 2.93. The summed E-state index contributed by atoms with van der Waals surface area (Å²) in [4.78, 5) is 7.98. The molecular weight excluding hydrogens is 224 g/mol. The second-order valence-electron chi connectivity index (χ2n) is 4.17. The topological polar surface area (TPSA) is 35.0 Å². The summed E-state index contributed by atoms with van der Waals surface area (Å²) >= 11 is 5.73. The van der Waals surface area contributed by atoms with E-state index < -0.39 is 0 Å². The normalized spacial score (nSPS) is 24.4. The van der Waals surface area contributed by atoms with Gasteiger partial charge in [-0.2, -0.15) is 4.98 Å². The maximum absolute atomic E-state index is 5.73. The van der Waals surface area contributed by atoms with Crippen molar-refractivity contribution >= 4 is 11.6 Å². The molecule has 0 aromatic carbocycles. The van der Waals surface area contributed by atoms with Crippen LogP contribution < -0.4 is 4.74 Å². The van der Waals surface area contributed by atoms with Gasteiger partial charge in [0.05, 0.1) is 19.0 Å². The second-order valence-corrected chi connectivity index (χ2v) is 4.56. The summed E-state index contributed by atoms with van der Waals surface area (Å²) in [6.07, 6.45) is 9.76. The Labute approximate surface area is 101 Å². The summed E-state index contributed by atoms with van der Waals surface area (Å²) in [5, 5.41) is 0.370. The quantitative estimate of drug-likeness (QED) is 0.759. The summed E-state index contributed by atoms with van der Waals surface area (Å²) < 4.78 is 5.60. The van der Waals surface area contributed by atoms with Crippen LogP contribution >= 0.6 is 11.6 Å². The Morgan fingerprint density at radius 2 is 2.19 bits per heavy atom. The van der Waals surface area contributed by atoms with E-state index in [4.69, 9.17) is 16.3 Å². The zero-order valence-corrected chi connectivity index (χ0v) is 10.0. The van der Waals surface area contributed by atoms with E-state index in [1.54, 1.807) is 6.20 Å². The van der Waals surface area contributed by atoms with Crippen LogP contribution in [0.5, 0.6) is 5.88 Å². The van der Waals surface area contributed by atoms with Crippen molar-refractivity contribution in [2.24, 2.45) is 11.8 Å². The van der Waals surface area contributed by atoms with Crippen LogP contribution in [0.4, 0.5) is 0 Å². The Hall–Kier alpha value is -1.09. The molecule has 2 rings (SSSR count). The number of aromatic nitrogens is 2. The van der Waals surface area contributed by atoms with Gasteiger partial charge >= 0.3 is 0 Å². The average Bonchev–Trinajstić information content (AvgIpc) is 2.28. The maximum atomic E-state index is 5.73. The van der Waals surface area contributed by atoms with Crippen molar-refractivity contribution < 1.29 is 4.74 Å². The van der Waals surface area contributed by atoms with Gasteiger partial charge in [0.1, 0.15) is 0 Å². The first-order valence-corrected chi connectivity index (χ1v) is 5.89. The lowest BCUT2D eigenvalue weighted by Gasteiger charge is -2.24. The highest BCUT2D eigenvalue weighted by molar-refractivity contribution is 6.29. The van der Waals surface area contributed by atoms with E-state index >= 15 is 0 Å². The van der Waals surface area contributed by atoms with Crippen molar-refractivity contribution in [1.82, 2.24) is 9.97 Å². The molecular formula is C12H15ClN2O. The molecule has 1 aliphatic carbocycles. The average molecular weight is 239 g/mol. The van der Waals surface area contributed by atoms with E-state index in [0.717, 1.165) is 12.8 Å². The molecule has 2 unspecified atom stereocenters. The number of rotatable bonds is 3. The molecule has 3 nitrogen and oxygen atoms in total. The van der Waals surface area contributed by atoms with Gasteiger partial charge in [-0.1, -0.05) is 30.7 Å². The minimum absolute atomic E-state index is 0.370. The highest BCUT2D eigenvalue weighted by atomic mass is 35.5. The number of allylic oxidation sites excluding steroid dienone is 2.